The van der Waals surface area contributed by atoms with Crippen LogP contribution >= 0.6 is 24.0 Å². The Morgan fingerprint density at radius 3 is 2.57 bits per heavy atom. The minimum absolute atomic E-state index is 0. The molecule has 7 heteroatoms. The molecule has 1 amide bonds. The van der Waals surface area contributed by atoms with E-state index in [1.165, 1.54) is 5.56 Å². The highest BCUT2D eigenvalue weighted by atomic mass is 127. The molecule has 0 bridgehead atoms. The molecule has 0 spiro atoms. The Hall–Kier alpha value is -1.35. The molecule has 1 aromatic rings. The maximum absolute atomic E-state index is 12.1. The minimum atomic E-state index is 0. The number of carbonyl (C=O) groups excluding carboxylic acids is 1. The number of likely N-dealkylation sites (tertiary alicyclic amines) is 1. The van der Waals surface area contributed by atoms with E-state index in [9.17, 15) is 4.79 Å². The summed E-state index contributed by atoms with van der Waals surface area (Å²) in [6.07, 6.45) is 0.961. The van der Waals surface area contributed by atoms with Gasteiger partial charge in [0.2, 0.25) is 5.91 Å². The van der Waals surface area contributed by atoms with E-state index in [-0.39, 0.29) is 41.8 Å². The number of hydrogen-bond donors (Lipinski definition) is 2. The molecule has 1 heterocycles. The number of aliphatic imine (C=N–C) groups is 1. The van der Waals surface area contributed by atoms with Gasteiger partial charge in [0.25, 0.3) is 0 Å². The summed E-state index contributed by atoms with van der Waals surface area (Å²) < 4.78 is 0. The van der Waals surface area contributed by atoms with E-state index in [1.54, 1.807) is 7.05 Å². The zero-order valence-electron chi connectivity index (χ0n) is 17.8. The van der Waals surface area contributed by atoms with Crippen LogP contribution in [0.3, 0.4) is 0 Å². The Bertz CT molecular complexity index is 622. The highest BCUT2D eigenvalue weighted by molar-refractivity contribution is 14.0. The van der Waals surface area contributed by atoms with E-state index >= 15 is 0 Å². The molecule has 2 rings (SSSR count). The molecule has 28 heavy (non-hydrogen) atoms. The van der Waals surface area contributed by atoms with Crippen LogP contribution in [0.2, 0.25) is 0 Å². The summed E-state index contributed by atoms with van der Waals surface area (Å²) in [6, 6.07) is 11.1. The number of rotatable bonds is 7. The molecule has 6 nitrogen and oxygen atoms in total. The molecule has 1 saturated heterocycles. The number of hydrogen-bond acceptors (Lipinski definition) is 3. The fraction of sp³-hybridized carbons (Fsp3) is 0.619. The van der Waals surface area contributed by atoms with Crippen molar-refractivity contribution < 1.29 is 4.79 Å². The molecule has 2 N–H and O–H groups in total. The van der Waals surface area contributed by atoms with Gasteiger partial charge in [-0.25, -0.2) is 0 Å². The SMILES string of the molecule is CN=C(NCC(C)N(C)Cc1ccccc1)NC1CCN(C(=O)C(C)C)C1.I. The molecule has 0 radical (unpaired) electrons. The third-order valence-electron chi connectivity index (χ3n) is 5.15. The van der Waals surface area contributed by atoms with Gasteiger partial charge in [0.15, 0.2) is 5.96 Å². The Labute approximate surface area is 187 Å². The molecule has 1 aliphatic rings. The Morgan fingerprint density at radius 2 is 1.96 bits per heavy atom. The van der Waals surface area contributed by atoms with E-state index in [4.69, 9.17) is 0 Å². The van der Waals surface area contributed by atoms with Crippen LogP contribution in [0.5, 0.6) is 0 Å². The van der Waals surface area contributed by atoms with Crippen molar-refractivity contribution in [2.24, 2.45) is 10.9 Å². The van der Waals surface area contributed by atoms with Gasteiger partial charge in [-0.1, -0.05) is 44.2 Å². The number of guanidine groups is 1. The lowest BCUT2D eigenvalue weighted by Crippen LogP contribution is -2.48. The number of amides is 1. The molecule has 158 valence electrons. The molecule has 1 aromatic carbocycles. The van der Waals surface area contributed by atoms with E-state index in [1.807, 2.05) is 24.8 Å². The summed E-state index contributed by atoms with van der Waals surface area (Å²) >= 11 is 0. The molecule has 1 fully saturated rings. The first-order valence-corrected chi connectivity index (χ1v) is 9.90. The summed E-state index contributed by atoms with van der Waals surface area (Å²) in [5.74, 6) is 1.10. The number of halogens is 1. The van der Waals surface area contributed by atoms with Crippen molar-refractivity contribution in [3.05, 3.63) is 35.9 Å². The number of nitrogens with one attached hydrogen (secondary N) is 2. The predicted octanol–water partition coefficient (Wildman–Crippen LogP) is 2.55. The quantitative estimate of drug-likeness (QED) is 0.343. The van der Waals surface area contributed by atoms with Crippen LogP contribution in [0.15, 0.2) is 35.3 Å². The van der Waals surface area contributed by atoms with Crippen molar-refractivity contribution >= 4 is 35.8 Å². The van der Waals surface area contributed by atoms with Crippen molar-refractivity contribution in [2.45, 2.75) is 45.8 Å². The topological polar surface area (TPSA) is 60.0 Å². The largest absolute Gasteiger partial charge is 0.355 e. The number of benzene rings is 1. The second-order valence-electron chi connectivity index (χ2n) is 7.77. The molecular weight excluding hydrogens is 465 g/mol. The molecular formula is C21H36IN5O. The summed E-state index contributed by atoms with van der Waals surface area (Å²) in [6.45, 7) is 9.42. The fourth-order valence-electron chi connectivity index (χ4n) is 3.26. The minimum Gasteiger partial charge on any atom is -0.355 e. The second-order valence-corrected chi connectivity index (χ2v) is 7.77. The smallest absolute Gasteiger partial charge is 0.225 e. The third-order valence-corrected chi connectivity index (χ3v) is 5.15. The van der Waals surface area contributed by atoms with Crippen LogP contribution in [0, 0.1) is 5.92 Å². The average molecular weight is 501 g/mol. The van der Waals surface area contributed by atoms with Gasteiger partial charge in [-0.3, -0.25) is 14.7 Å². The maximum atomic E-state index is 12.1. The van der Waals surface area contributed by atoms with Gasteiger partial charge in [0.05, 0.1) is 0 Å². The second kappa shape index (κ2) is 12.3. The molecule has 2 unspecified atom stereocenters. The molecule has 0 saturated carbocycles. The lowest BCUT2D eigenvalue weighted by atomic mass is 10.2. The van der Waals surface area contributed by atoms with E-state index in [0.29, 0.717) is 6.04 Å². The van der Waals surface area contributed by atoms with Gasteiger partial charge < -0.3 is 15.5 Å². The van der Waals surface area contributed by atoms with Gasteiger partial charge in [-0.2, -0.15) is 0 Å². The van der Waals surface area contributed by atoms with Crippen molar-refractivity contribution in [2.75, 3.05) is 33.7 Å². The normalized spacial score (nSPS) is 18.2. The zero-order chi connectivity index (χ0) is 19.8. The van der Waals surface area contributed by atoms with Gasteiger partial charge in [0, 0.05) is 51.2 Å². The number of likely N-dealkylation sites (N-methyl/N-ethyl adjacent to an activating group) is 1. The first kappa shape index (κ1) is 24.7. The van der Waals surface area contributed by atoms with Gasteiger partial charge in [-0.15, -0.1) is 24.0 Å². The van der Waals surface area contributed by atoms with Gasteiger partial charge in [-0.05, 0) is 26.0 Å². The van der Waals surface area contributed by atoms with Crippen LogP contribution in [0.1, 0.15) is 32.8 Å². The highest BCUT2D eigenvalue weighted by Crippen LogP contribution is 2.12. The summed E-state index contributed by atoms with van der Waals surface area (Å²) in [5, 5.41) is 6.88. The van der Waals surface area contributed by atoms with E-state index in [0.717, 1.165) is 38.6 Å². The lowest BCUT2D eigenvalue weighted by molar-refractivity contribution is -0.133. The fourth-order valence-corrected chi connectivity index (χ4v) is 3.26. The Balaban J connectivity index is 0.00000392. The zero-order valence-corrected chi connectivity index (χ0v) is 20.1. The van der Waals surface area contributed by atoms with Gasteiger partial charge in [0.1, 0.15) is 0 Å². The van der Waals surface area contributed by atoms with Crippen molar-refractivity contribution in [3.8, 4) is 0 Å². The average Bonchev–Trinajstić information content (AvgIpc) is 3.13. The van der Waals surface area contributed by atoms with Crippen molar-refractivity contribution in [3.63, 3.8) is 0 Å². The van der Waals surface area contributed by atoms with Crippen LogP contribution in [-0.2, 0) is 11.3 Å². The van der Waals surface area contributed by atoms with Crippen molar-refractivity contribution in [1.82, 2.24) is 20.4 Å². The van der Waals surface area contributed by atoms with Gasteiger partial charge >= 0.3 is 0 Å². The summed E-state index contributed by atoms with van der Waals surface area (Å²) in [7, 11) is 3.93. The molecule has 1 aliphatic heterocycles. The van der Waals surface area contributed by atoms with Crippen LogP contribution in [0.4, 0.5) is 0 Å². The van der Waals surface area contributed by atoms with Crippen molar-refractivity contribution in [1.29, 1.82) is 0 Å². The van der Waals surface area contributed by atoms with Crippen LogP contribution in [-0.4, -0.2) is 67.5 Å². The summed E-state index contributed by atoms with van der Waals surface area (Å²) in [4.78, 5) is 20.8. The maximum Gasteiger partial charge on any atom is 0.225 e. The van der Waals surface area contributed by atoms with E-state index < -0.39 is 0 Å². The third kappa shape index (κ3) is 7.58. The summed E-state index contributed by atoms with van der Waals surface area (Å²) in [5.41, 5.74) is 1.32. The number of carbonyl (C=O) groups is 1. The first-order chi connectivity index (χ1) is 12.9. The Kier molecular flexibility index (Phi) is 10.8. The predicted molar refractivity (Wildman–Crippen MR) is 127 cm³/mol. The molecule has 0 aliphatic carbocycles. The highest BCUT2D eigenvalue weighted by Gasteiger charge is 2.28. The molecule has 0 aromatic heterocycles. The van der Waals surface area contributed by atoms with Crippen LogP contribution in [0.25, 0.3) is 0 Å². The standard InChI is InChI=1S/C21H35N5O.HI/c1-16(2)20(27)26-12-11-19(15-26)24-21(22-4)23-13-17(3)25(5)14-18-9-7-6-8-10-18;/h6-10,16-17,19H,11-15H2,1-5H3,(H2,22,23,24);1H. The number of nitrogens with zero attached hydrogens (tertiary/aromatic N) is 3. The van der Waals surface area contributed by atoms with Crippen LogP contribution < -0.4 is 10.6 Å². The monoisotopic (exact) mass is 501 g/mol. The van der Waals surface area contributed by atoms with E-state index in [2.05, 4.69) is 58.8 Å². The first-order valence-electron chi connectivity index (χ1n) is 9.90. The lowest BCUT2D eigenvalue weighted by Gasteiger charge is -2.26. The molecule has 2 atom stereocenters. The Morgan fingerprint density at radius 1 is 1.29 bits per heavy atom.